The van der Waals surface area contributed by atoms with E-state index in [4.69, 9.17) is 16.1 Å². The maximum absolute atomic E-state index is 5.58. The first-order valence-electron chi connectivity index (χ1n) is 3.29. The van der Waals surface area contributed by atoms with E-state index in [1.165, 1.54) is 0 Å². The lowest BCUT2D eigenvalue weighted by molar-refractivity contribution is 0.381. The van der Waals surface area contributed by atoms with Crippen molar-refractivity contribution in [2.45, 2.75) is 26.1 Å². The molecule has 0 aliphatic carbocycles. The Hall–Kier alpha value is -0.500. The van der Waals surface area contributed by atoms with Crippen LogP contribution in [0.4, 0.5) is 0 Å². The van der Waals surface area contributed by atoms with Gasteiger partial charge in [0.1, 0.15) is 11.5 Å². The average molecular weight is 160 g/mol. The van der Waals surface area contributed by atoms with Crippen LogP contribution < -0.4 is 0 Å². The first-order valence-corrected chi connectivity index (χ1v) is 3.83. The summed E-state index contributed by atoms with van der Waals surface area (Å²) in [6, 6.07) is 0. The van der Waals surface area contributed by atoms with Crippen molar-refractivity contribution >= 4 is 11.6 Å². The summed E-state index contributed by atoms with van der Waals surface area (Å²) in [5.74, 6) is 1.38. The molecule has 0 amide bonds. The summed E-state index contributed by atoms with van der Waals surface area (Å²) in [5.41, 5.74) is 1.95. The van der Waals surface area contributed by atoms with Gasteiger partial charge in [-0.05, 0) is 6.92 Å². The van der Waals surface area contributed by atoms with Crippen LogP contribution in [0.1, 0.15) is 23.9 Å². The molecule has 0 bridgehead atoms. The molecule has 0 spiro atoms. The molecule has 1 rings (SSSR count). The van der Waals surface area contributed by atoms with E-state index in [-0.39, 0.29) is 0 Å². The molecule has 0 saturated carbocycles. The number of halogens is 1. The molecule has 0 aromatic carbocycles. The molecule has 1 aromatic rings. The number of hydrogen-bond donors (Lipinski definition) is 0. The second kappa shape index (κ2) is 3.06. The molecule has 0 aliphatic rings. The molecule has 0 unspecified atom stereocenters. The van der Waals surface area contributed by atoms with Gasteiger partial charge in [-0.25, -0.2) is 0 Å². The summed E-state index contributed by atoms with van der Waals surface area (Å²) in [7, 11) is 0. The number of alkyl halides is 1. The van der Waals surface area contributed by atoms with Crippen molar-refractivity contribution in [3.63, 3.8) is 0 Å². The summed E-state index contributed by atoms with van der Waals surface area (Å²) in [6.45, 7) is 4.01. The summed E-state index contributed by atoms with van der Waals surface area (Å²) >= 11 is 5.58. The zero-order valence-electron chi connectivity index (χ0n) is 6.15. The highest BCUT2D eigenvalue weighted by molar-refractivity contribution is 6.16. The quantitative estimate of drug-likeness (QED) is 0.619. The van der Waals surface area contributed by atoms with Gasteiger partial charge in [0.15, 0.2) is 0 Å². The zero-order valence-corrected chi connectivity index (χ0v) is 6.90. The van der Waals surface area contributed by atoms with Crippen molar-refractivity contribution < 1.29 is 4.52 Å². The third kappa shape index (κ3) is 1.16. The highest BCUT2D eigenvalue weighted by Crippen LogP contribution is 2.14. The molecular formula is C7H10ClNO. The molecule has 0 radical (unpaired) electrons. The smallest absolute Gasteiger partial charge is 0.139 e. The first-order chi connectivity index (χ1) is 4.79. The molecular weight excluding hydrogens is 150 g/mol. The second-order valence-electron chi connectivity index (χ2n) is 2.16. The zero-order chi connectivity index (χ0) is 7.56. The highest BCUT2D eigenvalue weighted by atomic mass is 35.5. The lowest BCUT2D eigenvalue weighted by Gasteiger charge is -1.88. The molecule has 0 fully saturated rings. The molecule has 56 valence electrons. The van der Waals surface area contributed by atoms with Gasteiger partial charge in [-0.1, -0.05) is 12.1 Å². The van der Waals surface area contributed by atoms with Crippen LogP contribution in [-0.4, -0.2) is 5.16 Å². The van der Waals surface area contributed by atoms with E-state index in [2.05, 4.69) is 5.16 Å². The number of nitrogens with zero attached hydrogens (tertiary/aromatic N) is 1. The van der Waals surface area contributed by atoms with E-state index in [9.17, 15) is 0 Å². The van der Waals surface area contributed by atoms with Crippen LogP contribution in [0.3, 0.4) is 0 Å². The lowest BCUT2D eigenvalue weighted by Crippen LogP contribution is -1.82. The summed E-state index contributed by atoms with van der Waals surface area (Å²) in [5, 5.41) is 3.80. The van der Waals surface area contributed by atoms with E-state index in [1.807, 2.05) is 13.8 Å². The summed E-state index contributed by atoms with van der Waals surface area (Å²) < 4.78 is 5.00. The van der Waals surface area contributed by atoms with Gasteiger partial charge in [0, 0.05) is 12.0 Å². The van der Waals surface area contributed by atoms with Crippen molar-refractivity contribution in [1.82, 2.24) is 5.16 Å². The van der Waals surface area contributed by atoms with E-state index in [1.54, 1.807) is 0 Å². The Balaban J connectivity index is 2.97. The third-order valence-electron chi connectivity index (χ3n) is 1.56. The standard InChI is InChI=1S/C7H10ClNO/c1-3-7-5(2)6(4-8)9-10-7/h3-4H2,1-2H3. The van der Waals surface area contributed by atoms with Crippen LogP contribution in [0.5, 0.6) is 0 Å². The van der Waals surface area contributed by atoms with Crippen molar-refractivity contribution in [3.8, 4) is 0 Å². The second-order valence-corrected chi connectivity index (χ2v) is 2.43. The highest BCUT2D eigenvalue weighted by Gasteiger charge is 2.07. The molecule has 0 N–H and O–H groups in total. The van der Waals surface area contributed by atoms with E-state index in [0.29, 0.717) is 5.88 Å². The predicted octanol–water partition coefficient (Wildman–Crippen LogP) is 2.28. The van der Waals surface area contributed by atoms with Crippen LogP contribution in [-0.2, 0) is 12.3 Å². The van der Waals surface area contributed by atoms with Gasteiger partial charge in [0.25, 0.3) is 0 Å². The van der Waals surface area contributed by atoms with Gasteiger partial charge in [-0.3, -0.25) is 0 Å². The lowest BCUT2D eigenvalue weighted by atomic mass is 10.2. The number of hydrogen-bond acceptors (Lipinski definition) is 2. The van der Waals surface area contributed by atoms with Crippen molar-refractivity contribution in [2.24, 2.45) is 0 Å². The Bertz CT molecular complexity index is 198. The average Bonchev–Trinajstić information content (AvgIpc) is 2.30. The molecule has 10 heavy (non-hydrogen) atoms. The fraction of sp³-hybridized carbons (Fsp3) is 0.571. The molecule has 1 aromatic heterocycles. The van der Waals surface area contributed by atoms with Crippen molar-refractivity contribution in [3.05, 3.63) is 17.0 Å². The minimum Gasteiger partial charge on any atom is -0.361 e. The van der Waals surface area contributed by atoms with Crippen LogP contribution in [0, 0.1) is 6.92 Å². The van der Waals surface area contributed by atoms with Gasteiger partial charge in [0.05, 0.1) is 5.88 Å². The van der Waals surface area contributed by atoms with Gasteiger partial charge in [0.2, 0.25) is 0 Å². The maximum Gasteiger partial charge on any atom is 0.139 e. The topological polar surface area (TPSA) is 26.0 Å². The summed E-state index contributed by atoms with van der Waals surface area (Å²) in [4.78, 5) is 0. The van der Waals surface area contributed by atoms with Crippen molar-refractivity contribution in [1.29, 1.82) is 0 Å². The maximum atomic E-state index is 5.58. The molecule has 2 nitrogen and oxygen atoms in total. The van der Waals surface area contributed by atoms with E-state index >= 15 is 0 Å². The van der Waals surface area contributed by atoms with Gasteiger partial charge >= 0.3 is 0 Å². The first kappa shape index (κ1) is 7.61. The van der Waals surface area contributed by atoms with E-state index in [0.717, 1.165) is 23.4 Å². The molecule has 3 heteroatoms. The van der Waals surface area contributed by atoms with Crippen molar-refractivity contribution in [2.75, 3.05) is 0 Å². The number of aromatic nitrogens is 1. The fourth-order valence-electron chi connectivity index (χ4n) is 0.862. The van der Waals surface area contributed by atoms with Crippen LogP contribution in [0.15, 0.2) is 4.52 Å². The number of rotatable bonds is 2. The Morgan fingerprint density at radius 2 is 2.30 bits per heavy atom. The van der Waals surface area contributed by atoms with Gasteiger partial charge in [-0.2, -0.15) is 0 Å². The minimum atomic E-state index is 0.440. The fourth-order valence-corrected chi connectivity index (χ4v) is 1.11. The molecule has 0 atom stereocenters. The van der Waals surface area contributed by atoms with E-state index < -0.39 is 0 Å². The predicted molar refractivity (Wildman–Crippen MR) is 40.2 cm³/mol. The molecule has 0 saturated heterocycles. The van der Waals surface area contributed by atoms with Gasteiger partial charge < -0.3 is 4.52 Å². The third-order valence-corrected chi connectivity index (χ3v) is 1.82. The Morgan fingerprint density at radius 1 is 1.60 bits per heavy atom. The molecule has 1 heterocycles. The molecule has 0 aliphatic heterocycles. The largest absolute Gasteiger partial charge is 0.361 e. The normalized spacial score (nSPS) is 10.3. The van der Waals surface area contributed by atoms with Crippen LogP contribution >= 0.6 is 11.6 Å². The Kier molecular flexibility index (Phi) is 2.33. The van der Waals surface area contributed by atoms with Gasteiger partial charge in [-0.15, -0.1) is 11.6 Å². The Morgan fingerprint density at radius 3 is 2.60 bits per heavy atom. The SMILES string of the molecule is CCc1onc(CCl)c1C. The summed E-state index contributed by atoms with van der Waals surface area (Å²) in [6.07, 6.45) is 0.885. The monoisotopic (exact) mass is 159 g/mol. The minimum absolute atomic E-state index is 0.440. The Labute approximate surface area is 65.2 Å². The number of aryl methyl sites for hydroxylation is 1. The van der Waals surface area contributed by atoms with Crippen LogP contribution in [0.2, 0.25) is 0 Å². The van der Waals surface area contributed by atoms with Crippen LogP contribution in [0.25, 0.3) is 0 Å².